The molecule has 1 aromatic carbocycles. The van der Waals surface area contributed by atoms with Crippen LogP contribution in [0.5, 0.6) is 0 Å². The van der Waals surface area contributed by atoms with Crippen molar-refractivity contribution in [1.82, 2.24) is 5.32 Å². The topological polar surface area (TPSA) is 27.6 Å². The van der Waals surface area contributed by atoms with Crippen molar-refractivity contribution in [1.29, 1.82) is 0 Å². The summed E-state index contributed by atoms with van der Waals surface area (Å²) in [5.74, 6) is 0. The first-order valence-corrected chi connectivity index (χ1v) is 13.7. The van der Waals surface area contributed by atoms with Gasteiger partial charge in [-0.2, -0.15) is 0 Å². The predicted octanol–water partition coefficient (Wildman–Crippen LogP) is 9.09. The van der Waals surface area contributed by atoms with E-state index >= 15 is 0 Å². The van der Waals surface area contributed by atoms with Crippen molar-refractivity contribution in [3.05, 3.63) is 85.0 Å². The lowest BCUT2D eigenvalue weighted by molar-refractivity contribution is 0.532. The minimum Gasteiger partial charge on any atom is -0.375 e. The van der Waals surface area contributed by atoms with E-state index in [1.165, 1.54) is 16.2 Å². The van der Waals surface area contributed by atoms with Gasteiger partial charge in [0.2, 0.25) is 0 Å². The van der Waals surface area contributed by atoms with Gasteiger partial charge in [-0.3, -0.25) is 4.99 Å². The Balaban J connectivity index is 0.000000248. The Morgan fingerprint density at radius 2 is 1.79 bits per heavy atom. The van der Waals surface area contributed by atoms with Gasteiger partial charge in [0.15, 0.2) is 0 Å². The maximum Gasteiger partial charge on any atom is 0.102 e. The molecule has 0 aromatic heterocycles. The Bertz CT molecular complexity index is 1080. The van der Waals surface area contributed by atoms with Gasteiger partial charge in [-0.05, 0) is 55.5 Å². The molecule has 2 aliphatic heterocycles. The van der Waals surface area contributed by atoms with Crippen LogP contribution in [0.3, 0.4) is 0 Å². The van der Waals surface area contributed by atoms with Crippen molar-refractivity contribution in [3.8, 4) is 0 Å². The zero-order valence-corrected chi connectivity index (χ0v) is 24.2. The molecule has 3 nitrogen and oxygen atoms in total. The van der Waals surface area contributed by atoms with Gasteiger partial charge in [0.05, 0.1) is 12.9 Å². The molecule has 1 aromatic rings. The van der Waals surface area contributed by atoms with E-state index in [-0.39, 0.29) is 10.8 Å². The average Bonchev–Trinajstić information content (AvgIpc) is 3.29. The first kappa shape index (κ1) is 27.2. The van der Waals surface area contributed by atoms with Gasteiger partial charge in [0, 0.05) is 49.0 Å². The fourth-order valence-corrected chi connectivity index (χ4v) is 5.37. The molecule has 7 heteroatoms. The molecule has 4 rings (SSSR count). The standard InChI is InChI=1S/C18H22BrN3S.C9H10Cl2/c1-12-15(17-21-10-16(23-17)18(2,3)4)9-20-11-22(12)14-7-5-13(19)6-8-14;1-7-3-2-4-8(10)5-6-9(7)11/h5-8,10-11,17,21H,9H2,1-4H3;3-4,6H,2,5H2,1H3/b;7-3-,8-4+,9-6?. The molecular formula is C27H32BrCl2N3S. The number of benzene rings is 1. The van der Waals surface area contributed by atoms with Crippen LogP contribution in [0, 0.1) is 5.41 Å². The van der Waals surface area contributed by atoms with Crippen molar-refractivity contribution in [3.63, 3.8) is 0 Å². The Kier molecular flexibility index (Phi) is 9.62. The number of nitrogens with zero attached hydrogens (tertiary/aromatic N) is 2. The molecule has 1 aliphatic carbocycles. The molecule has 0 amide bonds. The van der Waals surface area contributed by atoms with E-state index in [0.717, 1.165) is 45.2 Å². The van der Waals surface area contributed by atoms with Crippen molar-refractivity contribution in [2.24, 2.45) is 10.4 Å². The highest BCUT2D eigenvalue weighted by Gasteiger charge is 2.30. The van der Waals surface area contributed by atoms with Crippen LogP contribution in [0.15, 0.2) is 90.0 Å². The monoisotopic (exact) mass is 579 g/mol. The molecule has 3 aliphatic rings. The zero-order chi connectivity index (χ0) is 24.9. The molecule has 1 atom stereocenters. The van der Waals surface area contributed by atoms with Gasteiger partial charge in [-0.1, -0.05) is 89.9 Å². The van der Waals surface area contributed by atoms with Crippen LogP contribution >= 0.6 is 50.9 Å². The number of anilines is 1. The average molecular weight is 581 g/mol. The first-order chi connectivity index (χ1) is 16.1. The maximum absolute atomic E-state index is 5.92. The summed E-state index contributed by atoms with van der Waals surface area (Å²) < 4.78 is 1.09. The molecule has 0 spiro atoms. The largest absolute Gasteiger partial charge is 0.375 e. The van der Waals surface area contributed by atoms with Gasteiger partial charge in [0.25, 0.3) is 0 Å². The number of hydrogen-bond acceptors (Lipinski definition) is 4. The lowest BCUT2D eigenvalue weighted by atomic mass is 9.97. The Hall–Kier alpha value is -1.40. The van der Waals surface area contributed by atoms with E-state index in [9.17, 15) is 0 Å². The normalized spacial score (nSPS) is 23.9. The fourth-order valence-electron chi connectivity index (χ4n) is 3.52. The van der Waals surface area contributed by atoms with Crippen molar-refractivity contribution in [2.45, 2.75) is 52.8 Å². The zero-order valence-electron chi connectivity index (χ0n) is 20.3. The number of thioether (sulfide) groups is 1. The number of hydrogen-bond donors (Lipinski definition) is 1. The fraction of sp³-hybridized carbons (Fsp3) is 0.370. The Morgan fingerprint density at radius 3 is 2.44 bits per heavy atom. The number of aliphatic imine (C=N–C) groups is 1. The quantitative estimate of drug-likeness (QED) is 0.378. The minimum atomic E-state index is 0.185. The van der Waals surface area contributed by atoms with Gasteiger partial charge >= 0.3 is 0 Å². The molecule has 0 saturated carbocycles. The van der Waals surface area contributed by atoms with Crippen LogP contribution in [0.1, 0.15) is 47.5 Å². The van der Waals surface area contributed by atoms with Crippen molar-refractivity contribution >= 4 is 62.9 Å². The summed E-state index contributed by atoms with van der Waals surface area (Å²) in [5.41, 5.74) is 5.06. The number of nitrogens with one attached hydrogen (secondary N) is 1. The number of halogens is 3. The third kappa shape index (κ3) is 7.30. The van der Waals surface area contributed by atoms with Crippen LogP contribution in [0.2, 0.25) is 0 Å². The van der Waals surface area contributed by atoms with E-state index in [4.69, 9.17) is 23.2 Å². The lowest BCUT2D eigenvalue weighted by Gasteiger charge is -2.29. The molecule has 182 valence electrons. The first-order valence-electron chi connectivity index (χ1n) is 11.3. The number of rotatable bonds is 2. The highest BCUT2D eigenvalue weighted by Crippen LogP contribution is 2.42. The second-order valence-corrected chi connectivity index (χ2v) is 12.3. The molecule has 1 unspecified atom stereocenters. The summed E-state index contributed by atoms with van der Waals surface area (Å²) in [6, 6.07) is 8.34. The lowest BCUT2D eigenvalue weighted by Crippen LogP contribution is -2.31. The summed E-state index contributed by atoms with van der Waals surface area (Å²) in [6.45, 7) is 11.7. The van der Waals surface area contributed by atoms with Gasteiger partial charge in [0.1, 0.15) is 5.37 Å². The summed E-state index contributed by atoms with van der Waals surface area (Å²) >= 11 is 17.2. The van der Waals surface area contributed by atoms with E-state index < -0.39 is 0 Å². The molecule has 0 radical (unpaired) electrons. The second-order valence-electron chi connectivity index (χ2n) is 9.37. The van der Waals surface area contributed by atoms with Gasteiger partial charge < -0.3 is 10.2 Å². The Labute approximate surface area is 226 Å². The highest BCUT2D eigenvalue weighted by atomic mass is 79.9. The highest BCUT2D eigenvalue weighted by molar-refractivity contribution is 9.10. The molecule has 0 bridgehead atoms. The third-order valence-corrected chi connectivity index (χ3v) is 8.60. The molecule has 2 heterocycles. The minimum absolute atomic E-state index is 0.185. The van der Waals surface area contributed by atoms with E-state index in [0.29, 0.717) is 0 Å². The van der Waals surface area contributed by atoms with E-state index in [1.807, 2.05) is 37.2 Å². The second kappa shape index (κ2) is 12.0. The molecule has 1 N–H and O–H groups in total. The van der Waals surface area contributed by atoms with Crippen LogP contribution < -0.4 is 10.2 Å². The van der Waals surface area contributed by atoms with E-state index in [2.05, 4.69) is 95.4 Å². The van der Waals surface area contributed by atoms with E-state index in [1.54, 1.807) is 0 Å². The van der Waals surface area contributed by atoms with Crippen LogP contribution in [0.25, 0.3) is 0 Å². The van der Waals surface area contributed by atoms with Crippen LogP contribution in [0.4, 0.5) is 5.69 Å². The summed E-state index contributed by atoms with van der Waals surface area (Å²) in [4.78, 5) is 8.14. The smallest absolute Gasteiger partial charge is 0.102 e. The Morgan fingerprint density at radius 1 is 1.09 bits per heavy atom. The van der Waals surface area contributed by atoms with Crippen molar-refractivity contribution < 1.29 is 0 Å². The maximum atomic E-state index is 5.92. The van der Waals surface area contributed by atoms with Gasteiger partial charge in [-0.15, -0.1) is 0 Å². The van der Waals surface area contributed by atoms with Crippen LogP contribution in [-0.2, 0) is 0 Å². The van der Waals surface area contributed by atoms with Crippen LogP contribution in [-0.4, -0.2) is 18.3 Å². The predicted molar refractivity (Wildman–Crippen MR) is 156 cm³/mol. The SMILES string of the molecule is C/C1=C/C/C=C(/Cl)CC=C1Cl.CC1=C(C2NC=C(C(C)(C)C)S2)CN=CN1c1ccc(Br)cc1. The summed E-state index contributed by atoms with van der Waals surface area (Å²) in [6.07, 6.45) is 11.7. The number of allylic oxidation sites excluding steroid dienone is 8. The molecule has 34 heavy (non-hydrogen) atoms. The molecule has 0 saturated heterocycles. The molecular weight excluding hydrogens is 549 g/mol. The van der Waals surface area contributed by atoms with Gasteiger partial charge in [-0.25, -0.2) is 0 Å². The molecule has 0 fully saturated rings. The third-order valence-electron chi connectivity index (χ3n) is 5.67. The summed E-state index contributed by atoms with van der Waals surface area (Å²) in [5, 5.41) is 5.49. The summed E-state index contributed by atoms with van der Waals surface area (Å²) in [7, 11) is 0. The van der Waals surface area contributed by atoms with Crippen molar-refractivity contribution in [2.75, 3.05) is 11.4 Å².